The molecule has 1 aromatic rings. The van der Waals surface area contributed by atoms with Crippen molar-refractivity contribution < 1.29 is 14.6 Å². The van der Waals surface area contributed by atoms with E-state index in [9.17, 15) is 4.79 Å². The number of rotatable bonds is 5. The normalized spacial score (nSPS) is 19.5. The van der Waals surface area contributed by atoms with Crippen molar-refractivity contribution in [1.29, 1.82) is 0 Å². The fraction of sp³-hybridized carbons (Fsp3) is 0.600. The minimum Gasteiger partial charge on any atom is -0.496 e. The second-order valence-electron chi connectivity index (χ2n) is 5.34. The van der Waals surface area contributed by atoms with Crippen LogP contribution >= 0.6 is 11.8 Å². The Kier molecular flexibility index (Phi) is 5.47. The van der Waals surface area contributed by atoms with Crippen LogP contribution in [0.4, 0.5) is 0 Å². The van der Waals surface area contributed by atoms with Crippen molar-refractivity contribution in [1.82, 2.24) is 9.88 Å². The number of aliphatic carboxylic acids is 1. The molecule has 1 atom stereocenters. The number of carboxylic acids is 1. The third-order valence-electron chi connectivity index (χ3n) is 3.86. The smallest absolute Gasteiger partial charge is 0.304 e. The largest absolute Gasteiger partial charge is 0.496 e. The number of ether oxygens (including phenoxy) is 1. The van der Waals surface area contributed by atoms with Gasteiger partial charge in [-0.2, -0.15) is 11.8 Å². The Labute approximate surface area is 129 Å². The quantitative estimate of drug-likeness (QED) is 0.898. The van der Waals surface area contributed by atoms with Gasteiger partial charge >= 0.3 is 5.97 Å². The molecular formula is C15H22N2O3S. The molecule has 0 amide bonds. The van der Waals surface area contributed by atoms with Crippen LogP contribution in [-0.2, 0) is 11.3 Å². The van der Waals surface area contributed by atoms with E-state index in [1.807, 2.05) is 31.8 Å². The van der Waals surface area contributed by atoms with Crippen LogP contribution in [-0.4, -0.2) is 52.2 Å². The highest BCUT2D eigenvalue weighted by atomic mass is 32.2. The fourth-order valence-corrected chi connectivity index (χ4v) is 3.84. The van der Waals surface area contributed by atoms with Gasteiger partial charge < -0.3 is 9.84 Å². The van der Waals surface area contributed by atoms with Crippen molar-refractivity contribution in [3.8, 4) is 5.75 Å². The van der Waals surface area contributed by atoms with Crippen molar-refractivity contribution in [2.24, 2.45) is 0 Å². The molecule has 6 heteroatoms. The topological polar surface area (TPSA) is 62.7 Å². The molecule has 1 aliphatic heterocycles. The fourth-order valence-electron chi connectivity index (χ4n) is 2.71. The number of hydrogen-bond donors (Lipinski definition) is 1. The molecule has 1 fully saturated rings. The minimum atomic E-state index is -0.737. The Morgan fingerprint density at radius 2 is 2.33 bits per heavy atom. The van der Waals surface area contributed by atoms with Gasteiger partial charge in [-0.1, -0.05) is 0 Å². The lowest BCUT2D eigenvalue weighted by Crippen LogP contribution is -2.43. The van der Waals surface area contributed by atoms with Crippen LogP contribution in [0.15, 0.2) is 6.20 Å². The number of thioether (sulfide) groups is 1. The van der Waals surface area contributed by atoms with E-state index in [0.717, 1.165) is 40.6 Å². The summed E-state index contributed by atoms with van der Waals surface area (Å²) in [7, 11) is 1.67. The first-order chi connectivity index (χ1) is 10.0. The van der Waals surface area contributed by atoms with E-state index in [2.05, 4.69) is 9.88 Å². The number of aryl methyl sites for hydroxylation is 1. The van der Waals surface area contributed by atoms with Gasteiger partial charge in [0.15, 0.2) is 0 Å². The number of aromatic nitrogens is 1. The van der Waals surface area contributed by atoms with Crippen LogP contribution < -0.4 is 4.74 Å². The van der Waals surface area contributed by atoms with E-state index < -0.39 is 5.97 Å². The van der Waals surface area contributed by atoms with E-state index in [1.165, 1.54) is 0 Å². The SMILES string of the molecule is COc1c(C)cnc(CN2CCSCC2CC(=O)O)c1C. The summed E-state index contributed by atoms with van der Waals surface area (Å²) in [5.74, 6) is 2.05. The summed E-state index contributed by atoms with van der Waals surface area (Å²) < 4.78 is 5.44. The van der Waals surface area contributed by atoms with E-state index in [1.54, 1.807) is 7.11 Å². The van der Waals surface area contributed by atoms with Crippen LogP contribution in [0, 0.1) is 13.8 Å². The van der Waals surface area contributed by atoms with Crippen molar-refractivity contribution in [2.45, 2.75) is 32.9 Å². The molecule has 2 rings (SSSR count). The van der Waals surface area contributed by atoms with E-state index >= 15 is 0 Å². The van der Waals surface area contributed by atoms with Gasteiger partial charge in [-0.3, -0.25) is 14.7 Å². The summed E-state index contributed by atoms with van der Waals surface area (Å²) in [6.45, 7) is 5.58. The Hall–Kier alpha value is -1.27. The summed E-state index contributed by atoms with van der Waals surface area (Å²) >= 11 is 1.82. The average molecular weight is 310 g/mol. The predicted octanol–water partition coefficient (Wildman–Crippen LogP) is 2.10. The van der Waals surface area contributed by atoms with Gasteiger partial charge in [-0.05, 0) is 13.8 Å². The third-order valence-corrected chi connectivity index (χ3v) is 4.95. The van der Waals surface area contributed by atoms with Gasteiger partial charge in [0, 0.05) is 48.0 Å². The molecule has 1 aromatic heterocycles. The van der Waals surface area contributed by atoms with Crippen LogP contribution in [0.25, 0.3) is 0 Å². The Morgan fingerprint density at radius 3 is 3.00 bits per heavy atom. The van der Waals surface area contributed by atoms with Crippen molar-refractivity contribution in [3.05, 3.63) is 23.0 Å². The first kappa shape index (κ1) is 16.1. The predicted molar refractivity (Wildman–Crippen MR) is 84.0 cm³/mol. The number of carbonyl (C=O) groups is 1. The Bertz CT molecular complexity index is 522. The molecule has 1 aliphatic rings. The highest BCUT2D eigenvalue weighted by Gasteiger charge is 2.26. The van der Waals surface area contributed by atoms with Crippen LogP contribution in [0.2, 0.25) is 0 Å². The van der Waals surface area contributed by atoms with Crippen molar-refractivity contribution in [2.75, 3.05) is 25.2 Å². The zero-order valence-corrected chi connectivity index (χ0v) is 13.6. The summed E-state index contributed by atoms with van der Waals surface area (Å²) in [5.41, 5.74) is 3.04. The molecule has 0 aromatic carbocycles. The van der Waals surface area contributed by atoms with Crippen LogP contribution in [0.5, 0.6) is 5.75 Å². The summed E-state index contributed by atoms with van der Waals surface area (Å²) in [4.78, 5) is 17.8. The standard InChI is InChI=1S/C15H22N2O3S/c1-10-7-16-13(11(2)15(10)20-3)8-17-4-5-21-9-12(17)6-14(18)19/h7,12H,4-6,8-9H2,1-3H3,(H,18,19). The van der Waals surface area contributed by atoms with Gasteiger partial charge in [0.25, 0.3) is 0 Å². The molecule has 1 N–H and O–H groups in total. The zero-order valence-electron chi connectivity index (χ0n) is 12.8. The molecule has 0 aliphatic carbocycles. The van der Waals surface area contributed by atoms with Gasteiger partial charge in [0.05, 0.1) is 19.2 Å². The lowest BCUT2D eigenvalue weighted by Gasteiger charge is -2.34. The van der Waals surface area contributed by atoms with Crippen molar-refractivity contribution in [3.63, 3.8) is 0 Å². The highest BCUT2D eigenvalue weighted by molar-refractivity contribution is 7.99. The summed E-state index contributed by atoms with van der Waals surface area (Å²) in [6.07, 6.45) is 2.01. The number of pyridine rings is 1. The van der Waals surface area contributed by atoms with E-state index in [-0.39, 0.29) is 12.5 Å². The van der Waals surface area contributed by atoms with Gasteiger partial charge in [0.1, 0.15) is 5.75 Å². The number of hydrogen-bond acceptors (Lipinski definition) is 5. The average Bonchev–Trinajstić information content (AvgIpc) is 2.44. The third kappa shape index (κ3) is 3.89. The molecule has 21 heavy (non-hydrogen) atoms. The second kappa shape index (κ2) is 7.13. The maximum atomic E-state index is 11.0. The molecular weight excluding hydrogens is 288 g/mol. The molecule has 0 bridgehead atoms. The number of methoxy groups -OCH3 is 1. The van der Waals surface area contributed by atoms with Gasteiger partial charge in [-0.15, -0.1) is 0 Å². The second-order valence-corrected chi connectivity index (χ2v) is 6.49. The van der Waals surface area contributed by atoms with E-state index in [0.29, 0.717) is 6.54 Å². The molecule has 1 saturated heterocycles. The first-order valence-corrected chi connectivity index (χ1v) is 8.21. The molecule has 1 unspecified atom stereocenters. The molecule has 2 heterocycles. The number of carboxylic acid groups (broad SMARTS) is 1. The van der Waals surface area contributed by atoms with E-state index in [4.69, 9.17) is 9.84 Å². The van der Waals surface area contributed by atoms with Gasteiger partial charge in [0.2, 0.25) is 0 Å². The maximum absolute atomic E-state index is 11.0. The Balaban J connectivity index is 2.17. The molecule has 0 saturated carbocycles. The van der Waals surface area contributed by atoms with Gasteiger partial charge in [-0.25, -0.2) is 0 Å². The first-order valence-electron chi connectivity index (χ1n) is 7.05. The lowest BCUT2D eigenvalue weighted by atomic mass is 10.1. The Morgan fingerprint density at radius 1 is 1.57 bits per heavy atom. The zero-order chi connectivity index (χ0) is 15.4. The summed E-state index contributed by atoms with van der Waals surface area (Å²) in [6, 6.07) is 0.0785. The minimum absolute atomic E-state index is 0.0785. The molecule has 0 radical (unpaired) electrons. The number of nitrogens with zero attached hydrogens (tertiary/aromatic N) is 2. The monoisotopic (exact) mass is 310 g/mol. The highest BCUT2D eigenvalue weighted by Crippen LogP contribution is 2.27. The molecule has 116 valence electrons. The van der Waals surface area contributed by atoms with Crippen LogP contribution in [0.3, 0.4) is 0 Å². The van der Waals surface area contributed by atoms with Crippen molar-refractivity contribution >= 4 is 17.7 Å². The molecule has 0 spiro atoms. The maximum Gasteiger partial charge on any atom is 0.304 e. The van der Waals surface area contributed by atoms with Crippen LogP contribution in [0.1, 0.15) is 23.2 Å². The molecule has 5 nitrogen and oxygen atoms in total. The lowest BCUT2D eigenvalue weighted by molar-refractivity contribution is -0.138. The summed E-state index contributed by atoms with van der Waals surface area (Å²) in [5, 5.41) is 9.05.